The number of rotatable bonds is 3. The van der Waals surface area contributed by atoms with Crippen LogP contribution in [0, 0.1) is 6.92 Å². The lowest BCUT2D eigenvalue weighted by atomic mass is 10.0. The summed E-state index contributed by atoms with van der Waals surface area (Å²) in [5.74, 6) is 1.18. The Hall–Kier alpha value is -3.27. The molecule has 1 aromatic heterocycles. The standard InChI is InChI=1S/C21H18N2O2.C2H6/c1-13-3-5-14(6-4-13)15-7-9-20-18(11-15)23-21(25-20)17-12-16(22)8-10-19(17)24-2;1-2/h3-12H,22H2,1-2H3;1-2H3. The molecule has 27 heavy (non-hydrogen) atoms. The summed E-state index contributed by atoms with van der Waals surface area (Å²) in [4.78, 5) is 4.63. The number of hydrogen-bond donors (Lipinski definition) is 1. The molecule has 4 nitrogen and oxygen atoms in total. The lowest BCUT2D eigenvalue weighted by molar-refractivity contribution is 0.415. The van der Waals surface area contributed by atoms with Crippen molar-refractivity contribution in [1.29, 1.82) is 0 Å². The van der Waals surface area contributed by atoms with Gasteiger partial charge in [-0.2, -0.15) is 0 Å². The van der Waals surface area contributed by atoms with Crippen molar-refractivity contribution in [3.63, 3.8) is 0 Å². The van der Waals surface area contributed by atoms with Crippen molar-refractivity contribution in [2.75, 3.05) is 12.8 Å². The van der Waals surface area contributed by atoms with Crippen LogP contribution < -0.4 is 10.5 Å². The Morgan fingerprint density at radius 2 is 1.59 bits per heavy atom. The zero-order valence-corrected chi connectivity index (χ0v) is 16.1. The van der Waals surface area contributed by atoms with Crippen LogP contribution in [0.25, 0.3) is 33.7 Å². The van der Waals surface area contributed by atoms with E-state index < -0.39 is 0 Å². The van der Waals surface area contributed by atoms with E-state index in [4.69, 9.17) is 14.9 Å². The fourth-order valence-electron chi connectivity index (χ4n) is 2.86. The number of aromatic nitrogens is 1. The van der Waals surface area contributed by atoms with Crippen LogP contribution in [-0.4, -0.2) is 12.1 Å². The first-order valence-electron chi connectivity index (χ1n) is 9.05. The predicted molar refractivity (Wildman–Crippen MR) is 112 cm³/mol. The molecule has 0 spiro atoms. The molecule has 138 valence electrons. The molecule has 4 rings (SSSR count). The molecule has 2 N–H and O–H groups in total. The Balaban J connectivity index is 0.00000102. The second kappa shape index (κ2) is 7.96. The highest BCUT2D eigenvalue weighted by Gasteiger charge is 2.14. The van der Waals surface area contributed by atoms with E-state index in [1.807, 2.05) is 44.2 Å². The molecule has 0 saturated carbocycles. The largest absolute Gasteiger partial charge is 0.496 e. The van der Waals surface area contributed by atoms with Crippen LogP contribution in [-0.2, 0) is 0 Å². The number of nitrogens with zero attached hydrogens (tertiary/aromatic N) is 1. The second-order valence-corrected chi connectivity index (χ2v) is 6.03. The predicted octanol–water partition coefficient (Wildman–Crippen LogP) is 6.09. The third kappa shape index (κ3) is 3.80. The van der Waals surface area contributed by atoms with Crippen LogP contribution in [0.5, 0.6) is 5.75 Å². The van der Waals surface area contributed by atoms with E-state index in [2.05, 4.69) is 36.2 Å². The molecular formula is C23H24N2O2. The van der Waals surface area contributed by atoms with E-state index in [1.165, 1.54) is 5.56 Å². The van der Waals surface area contributed by atoms with Gasteiger partial charge in [0.25, 0.3) is 0 Å². The second-order valence-electron chi connectivity index (χ2n) is 6.03. The number of ether oxygens (including phenoxy) is 1. The summed E-state index contributed by atoms with van der Waals surface area (Å²) in [5.41, 5.74) is 12.3. The highest BCUT2D eigenvalue weighted by Crippen LogP contribution is 2.34. The van der Waals surface area contributed by atoms with Gasteiger partial charge in [0.15, 0.2) is 5.58 Å². The smallest absolute Gasteiger partial charge is 0.231 e. The van der Waals surface area contributed by atoms with Gasteiger partial charge in [0.05, 0.1) is 12.7 Å². The van der Waals surface area contributed by atoms with Gasteiger partial charge in [-0.3, -0.25) is 0 Å². The minimum Gasteiger partial charge on any atom is -0.496 e. The fourth-order valence-corrected chi connectivity index (χ4v) is 2.86. The van der Waals surface area contributed by atoms with Crippen LogP contribution in [0.1, 0.15) is 19.4 Å². The average molecular weight is 360 g/mol. The van der Waals surface area contributed by atoms with E-state index in [-0.39, 0.29) is 0 Å². The van der Waals surface area contributed by atoms with Crippen LogP contribution in [0.15, 0.2) is 65.1 Å². The highest BCUT2D eigenvalue weighted by molar-refractivity contribution is 5.83. The Kier molecular flexibility index (Phi) is 5.46. The number of hydrogen-bond acceptors (Lipinski definition) is 4. The first kappa shape index (κ1) is 18.5. The molecule has 3 aromatic carbocycles. The molecule has 0 amide bonds. The van der Waals surface area contributed by atoms with Crippen molar-refractivity contribution < 1.29 is 9.15 Å². The third-order valence-electron chi connectivity index (χ3n) is 4.23. The molecular weight excluding hydrogens is 336 g/mol. The van der Waals surface area contributed by atoms with Crippen molar-refractivity contribution >= 4 is 16.8 Å². The van der Waals surface area contributed by atoms with E-state index in [9.17, 15) is 0 Å². The van der Waals surface area contributed by atoms with Gasteiger partial charge in [-0.25, -0.2) is 4.98 Å². The number of methoxy groups -OCH3 is 1. The van der Waals surface area contributed by atoms with Crippen molar-refractivity contribution in [3.8, 4) is 28.3 Å². The minimum absolute atomic E-state index is 0.500. The third-order valence-corrected chi connectivity index (χ3v) is 4.23. The molecule has 0 unspecified atom stereocenters. The lowest BCUT2D eigenvalue weighted by Crippen LogP contribution is -1.91. The van der Waals surface area contributed by atoms with Crippen molar-refractivity contribution in [1.82, 2.24) is 4.98 Å². The summed E-state index contributed by atoms with van der Waals surface area (Å²) in [5, 5.41) is 0. The molecule has 0 bridgehead atoms. The Morgan fingerprint density at radius 1 is 0.889 bits per heavy atom. The maximum absolute atomic E-state index is 5.91. The van der Waals surface area contributed by atoms with Gasteiger partial charge in [-0.15, -0.1) is 0 Å². The van der Waals surface area contributed by atoms with E-state index in [1.54, 1.807) is 13.2 Å². The summed E-state index contributed by atoms with van der Waals surface area (Å²) in [7, 11) is 1.62. The van der Waals surface area contributed by atoms with Gasteiger partial charge >= 0.3 is 0 Å². The summed E-state index contributed by atoms with van der Waals surface area (Å²) < 4.78 is 11.3. The van der Waals surface area contributed by atoms with Crippen LogP contribution >= 0.6 is 0 Å². The monoisotopic (exact) mass is 360 g/mol. The summed E-state index contributed by atoms with van der Waals surface area (Å²) in [6, 6.07) is 19.9. The molecule has 1 heterocycles. The number of oxazole rings is 1. The van der Waals surface area contributed by atoms with Crippen molar-refractivity contribution in [2.24, 2.45) is 0 Å². The van der Waals surface area contributed by atoms with E-state index in [0.29, 0.717) is 17.3 Å². The SMILES string of the molecule is CC.COc1ccc(N)cc1-c1nc2cc(-c3ccc(C)cc3)ccc2o1. The van der Waals surface area contributed by atoms with Crippen LogP contribution in [0.3, 0.4) is 0 Å². The molecule has 0 aliphatic heterocycles. The fraction of sp³-hybridized carbons (Fsp3) is 0.174. The van der Waals surface area contributed by atoms with E-state index in [0.717, 1.165) is 27.8 Å². The molecule has 0 aliphatic rings. The van der Waals surface area contributed by atoms with Gasteiger partial charge in [0.1, 0.15) is 11.3 Å². The average Bonchev–Trinajstić information content (AvgIpc) is 3.13. The number of aryl methyl sites for hydroxylation is 1. The first-order valence-corrected chi connectivity index (χ1v) is 9.05. The Bertz CT molecular complexity index is 1050. The molecule has 0 radical (unpaired) electrons. The molecule has 4 heteroatoms. The molecule has 0 atom stereocenters. The van der Waals surface area contributed by atoms with Crippen LogP contribution in [0.2, 0.25) is 0 Å². The van der Waals surface area contributed by atoms with Crippen LogP contribution in [0.4, 0.5) is 5.69 Å². The van der Waals surface area contributed by atoms with Crippen molar-refractivity contribution in [2.45, 2.75) is 20.8 Å². The summed E-state index contributed by atoms with van der Waals surface area (Å²) >= 11 is 0. The normalized spacial score (nSPS) is 10.4. The maximum atomic E-state index is 5.91. The lowest BCUT2D eigenvalue weighted by Gasteiger charge is -2.05. The molecule has 0 saturated heterocycles. The van der Waals surface area contributed by atoms with E-state index >= 15 is 0 Å². The summed E-state index contributed by atoms with van der Waals surface area (Å²) in [6.45, 7) is 6.08. The van der Waals surface area contributed by atoms with Gasteiger partial charge < -0.3 is 14.9 Å². The van der Waals surface area contributed by atoms with Crippen molar-refractivity contribution in [3.05, 3.63) is 66.2 Å². The molecule has 0 fully saturated rings. The number of fused-ring (bicyclic) bond motifs is 1. The zero-order chi connectivity index (χ0) is 19.4. The number of nitrogen functional groups attached to an aromatic ring is 1. The highest BCUT2D eigenvalue weighted by atomic mass is 16.5. The molecule has 4 aromatic rings. The summed E-state index contributed by atoms with van der Waals surface area (Å²) in [6.07, 6.45) is 0. The maximum Gasteiger partial charge on any atom is 0.231 e. The number of anilines is 1. The topological polar surface area (TPSA) is 61.3 Å². The Morgan fingerprint density at radius 3 is 2.30 bits per heavy atom. The van der Waals surface area contributed by atoms with Gasteiger partial charge in [0, 0.05) is 5.69 Å². The Labute approximate surface area is 159 Å². The molecule has 0 aliphatic carbocycles. The first-order chi connectivity index (χ1) is 13.1. The van der Waals surface area contributed by atoms with Gasteiger partial charge in [-0.05, 0) is 48.4 Å². The minimum atomic E-state index is 0.500. The van der Waals surface area contributed by atoms with Gasteiger partial charge in [0.2, 0.25) is 5.89 Å². The number of benzene rings is 3. The quantitative estimate of drug-likeness (QED) is 0.449. The number of nitrogens with two attached hydrogens (primary N) is 1. The zero-order valence-electron chi connectivity index (χ0n) is 16.1. The van der Waals surface area contributed by atoms with Gasteiger partial charge in [-0.1, -0.05) is 49.7 Å².